The summed E-state index contributed by atoms with van der Waals surface area (Å²) in [5.74, 6) is 0.266. The molecule has 0 saturated heterocycles. The quantitative estimate of drug-likeness (QED) is 0.310. The minimum Gasteiger partial charge on any atom is -0.463 e. The average Bonchev–Trinajstić information content (AvgIpc) is 2.91. The van der Waals surface area contributed by atoms with Crippen LogP contribution in [0.1, 0.15) is 6.92 Å². The fourth-order valence-electron chi connectivity index (χ4n) is 2.07. The zero-order valence-electron chi connectivity index (χ0n) is 12.0. The summed E-state index contributed by atoms with van der Waals surface area (Å²) in [5.41, 5.74) is 2.28. The normalized spacial score (nSPS) is 11.5. The standard InChI is InChI=1S/C16H14N2O3S/c1-2-20-13(19)8-5-9-22-16-15-14(17-10-18-16)11-6-3-4-7-12(11)21-15/h3-8,10H,2,9H2,1H3/b8-5+. The largest absolute Gasteiger partial charge is 0.463 e. The van der Waals surface area contributed by atoms with E-state index in [-0.39, 0.29) is 5.97 Å². The molecule has 0 N–H and O–H groups in total. The van der Waals surface area contributed by atoms with Gasteiger partial charge in [-0.25, -0.2) is 14.8 Å². The van der Waals surface area contributed by atoms with Gasteiger partial charge < -0.3 is 9.15 Å². The number of furan rings is 1. The molecule has 0 aliphatic heterocycles. The van der Waals surface area contributed by atoms with Gasteiger partial charge in [-0.15, -0.1) is 0 Å². The highest BCUT2D eigenvalue weighted by Crippen LogP contribution is 2.32. The molecule has 0 aliphatic rings. The molecule has 0 amide bonds. The molecule has 22 heavy (non-hydrogen) atoms. The van der Waals surface area contributed by atoms with Crippen LogP contribution >= 0.6 is 11.8 Å². The summed E-state index contributed by atoms with van der Waals surface area (Å²) in [5, 5.41) is 1.73. The Labute approximate surface area is 131 Å². The van der Waals surface area contributed by atoms with Gasteiger partial charge in [-0.3, -0.25) is 0 Å². The highest BCUT2D eigenvalue weighted by Gasteiger charge is 2.12. The Hall–Kier alpha value is -2.34. The van der Waals surface area contributed by atoms with Gasteiger partial charge in [0.05, 0.1) is 6.61 Å². The van der Waals surface area contributed by atoms with Gasteiger partial charge >= 0.3 is 5.97 Å². The summed E-state index contributed by atoms with van der Waals surface area (Å²) < 4.78 is 10.7. The molecule has 0 radical (unpaired) electrons. The Balaban J connectivity index is 1.81. The maximum Gasteiger partial charge on any atom is 0.330 e. The molecule has 0 unspecified atom stereocenters. The fraction of sp³-hybridized carbons (Fsp3) is 0.188. The zero-order valence-corrected chi connectivity index (χ0v) is 12.8. The first-order valence-electron chi connectivity index (χ1n) is 6.88. The molecule has 0 aliphatic carbocycles. The monoisotopic (exact) mass is 314 g/mol. The lowest BCUT2D eigenvalue weighted by molar-refractivity contribution is -0.137. The van der Waals surface area contributed by atoms with Gasteiger partial charge in [-0.05, 0) is 19.1 Å². The third-order valence-corrected chi connectivity index (χ3v) is 3.91. The van der Waals surface area contributed by atoms with Crippen LogP contribution in [0.4, 0.5) is 0 Å². The molecule has 0 saturated carbocycles. The van der Waals surface area contributed by atoms with E-state index in [1.54, 1.807) is 13.0 Å². The van der Waals surface area contributed by atoms with Gasteiger partial charge in [-0.1, -0.05) is 30.0 Å². The molecule has 112 valence electrons. The smallest absolute Gasteiger partial charge is 0.330 e. The number of carbonyl (C=O) groups is 1. The molecule has 6 heteroatoms. The minimum absolute atomic E-state index is 0.334. The molecular weight excluding hydrogens is 300 g/mol. The van der Waals surface area contributed by atoms with Crippen molar-refractivity contribution in [1.29, 1.82) is 0 Å². The van der Waals surface area contributed by atoms with Crippen LogP contribution in [-0.2, 0) is 9.53 Å². The summed E-state index contributed by atoms with van der Waals surface area (Å²) in [7, 11) is 0. The van der Waals surface area contributed by atoms with Crippen molar-refractivity contribution in [2.45, 2.75) is 11.9 Å². The van der Waals surface area contributed by atoms with Gasteiger partial charge in [0.1, 0.15) is 22.5 Å². The van der Waals surface area contributed by atoms with Gasteiger partial charge in [0.25, 0.3) is 0 Å². The third kappa shape index (κ3) is 2.96. The number of carbonyl (C=O) groups excluding carboxylic acids is 1. The van der Waals surface area contributed by atoms with Crippen molar-refractivity contribution >= 4 is 39.8 Å². The van der Waals surface area contributed by atoms with Crippen LogP contribution in [0.2, 0.25) is 0 Å². The second-order valence-corrected chi connectivity index (χ2v) is 5.43. The van der Waals surface area contributed by atoms with Gasteiger partial charge in [0, 0.05) is 17.2 Å². The number of thioether (sulfide) groups is 1. The maximum atomic E-state index is 11.2. The van der Waals surface area contributed by atoms with Crippen LogP contribution in [0.3, 0.4) is 0 Å². The predicted molar refractivity (Wildman–Crippen MR) is 85.8 cm³/mol. The van der Waals surface area contributed by atoms with E-state index in [0.717, 1.165) is 21.5 Å². The molecule has 0 spiro atoms. The number of fused-ring (bicyclic) bond motifs is 3. The topological polar surface area (TPSA) is 65.2 Å². The van der Waals surface area contributed by atoms with E-state index in [2.05, 4.69) is 9.97 Å². The number of hydrogen-bond acceptors (Lipinski definition) is 6. The first kappa shape index (κ1) is 14.6. The van der Waals surface area contributed by atoms with Gasteiger partial charge in [0.15, 0.2) is 5.58 Å². The predicted octanol–water partition coefficient (Wildman–Crippen LogP) is 3.59. The number of aromatic nitrogens is 2. The lowest BCUT2D eigenvalue weighted by Crippen LogP contribution is -1.98. The van der Waals surface area contributed by atoms with Crippen molar-refractivity contribution in [1.82, 2.24) is 9.97 Å². The third-order valence-electron chi connectivity index (χ3n) is 2.98. The van der Waals surface area contributed by atoms with E-state index in [9.17, 15) is 4.79 Å². The summed E-state index contributed by atoms with van der Waals surface area (Å²) >= 11 is 1.49. The van der Waals surface area contributed by atoms with Crippen molar-refractivity contribution in [2.75, 3.05) is 12.4 Å². The van der Waals surface area contributed by atoms with Crippen LogP contribution in [0, 0.1) is 0 Å². The lowest BCUT2D eigenvalue weighted by Gasteiger charge is -1.98. The van der Waals surface area contributed by atoms with E-state index < -0.39 is 0 Å². The maximum absolute atomic E-state index is 11.2. The van der Waals surface area contributed by atoms with Gasteiger partial charge in [-0.2, -0.15) is 0 Å². The summed E-state index contributed by atoms with van der Waals surface area (Å²) in [6, 6.07) is 7.76. The van der Waals surface area contributed by atoms with Crippen molar-refractivity contribution in [3.8, 4) is 0 Å². The summed E-state index contributed by atoms with van der Waals surface area (Å²) in [4.78, 5) is 19.8. The van der Waals surface area contributed by atoms with Crippen molar-refractivity contribution in [2.24, 2.45) is 0 Å². The van der Waals surface area contributed by atoms with E-state index in [0.29, 0.717) is 17.9 Å². The Morgan fingerprint density at radius 3 is 3.09 bits per heavy atom. The van der Waals surface area contributed by atoms with Crippen molar-refractivity contribution < 1.29 is 13.9 Å². The summed E-state index contributed by atoms with van der Waals surface area (Å²) in [6.45, 7) is 2.15. The van der Waals surface area contributed by atoms with Crippen LogP contribution in [0.25, 0.3) is 22.1 Å². The first-order valence-corrected chi connectivity index (χ1v) is 7.86. The lowest BCUT2D eigenvalue weighted by atomic mass is 10.2. The van der Waals surface area contributed by atoms with Crippen LogP contribution in [0.15, 0.2) is 52.2 Å². The number of hydrogen-bond donors (Lipinski definition) is 0. The number of para-hydroxylation sites is 1. The Kier molecular flexibility index (Phi) is 4.39. The molecule has 0 atom stereocenters. The first-order chi connectivity index (χ1) is 10.8. The SMILES string of the molecule is CCOC(=O)/C=C/CSc1ncnc2c1oc1ccccc12. The Morgan fingerprint density at radius 1 is 1.36 bits per heavy atom. The van der Waals surface area contributed by atoms with E-state index in [1.807, 2.05) is 24.3 Å². The molecule has 2 heterocycles. The number of ether oxygens (including phenoxy) is 1. The van der Waals surface area contributed by atoms with E-state index in [4.69, 9.17) is 9.15 Å². The molecular formula is C16H14N2O3S. The van der Waals surface area contributed by atoms with Gasteiger partial charge in [0.2, 0.25) is 0 Å². The minimum atomic E-state index is -0.334. The molecule has 0 bridgehead atoms. The van der Waals surface area contributed by atoms with E-state index in [1.165, 1.54) is 24.2 Å². The molecule has 5 nitrogen and oxygen atoms in total. The fourth-order valence-corrected chi connectivity index (χ4v) is 2.81. The summed E-state index contributed by atoms with van der Waals surface area (Å²) in [6.07, 6.45) is 4.70. The number of esters is 1. The molecule has 2 aromatic heterocycles. The van der Waals surface area contributed by atoms with Crippen LogP contribution in [0.5, 0.6) is 0 Å². The second kappa shape index (κ2) is 6.62. The van der Waals surface area contributed by atoms with Crippen LogP contribution < -0.4 is 0 Å². The number of rotatable bonds is 5. The zero-order chi connectivity index (χ0) is 15.4. The average molecular weight is 314 g/mol. The van der Waals surface area contributed by atoms with Crippen LogP contribution in [-0.4, -0.2) is 28.3 Å². The van der Waals surface area contributed by atoms with Crippen molar-refractivity contribution in [3.05, 3.63) is 42.7 Å². The van der Waals surface area contributed by atoms with Crippen molar-refractivity contribution in [3.63, 3.8) is 0 Å². The molecule has 3 aromatic rings. The molecule has 0 fully saturated rings. The molecule has 1 aromatic carbocycles. The van der Waals surface area contributed by atoms with E-state index >= 15 is 0 Å². The highest BCUT2D eigenvalue weighted by molar-refractivity contribution is 7.99. The Bertz CT molecular complexity index is 842. The Morgan fingerprint density at radius 2 is 2.23 bits per heavy atom. The highest BCUT2D eigenvalue weighted by atomic mass is 32.2. The second-order valence-electron chi connectivity index (χ2n) is 4.42. The molecule has 3 rings (SSSR count). The number of nitrogens with zero attached hydrogens (tertiary/aromatic N) is 2. The number of benzene rings is 1.